The molecule has 1 saturated carbocycles. The molecule has 3 rings (SSSR count). The molecule has 1 amide bonds. The number of nitrogens with zero attached hydrogens (tertiary/aromatic N) is 2. The van der Waals surface area contributed by atoms with Gasteiger partial charge in [-0.25, -0.2) is 0 Å². The predicted octanol–water partition coefficient (Wildman–Crippen LogP) is 2.84. The highest BCUT2D eigenvalue weighted by molar-refractivity contribution is 5.93. The van der Waals surface area contributed by atoms with Crippen LogP contribution in [0.4, 0.5) is 0 Å². The fourth-order valence-corrected chi connectivity index (χ4v) is 3.94. The Morgan fingerprint density at radius 3 is 2.95 bits per heavy atom. The Morgan fingerprint density at radius 1 is 1.38 bits per heavy atom. The number of hydrogen-bond acceptors (Lipinski definition) is 2. The molecule has 0 aromatic carbocycles. The summed E-state index contributed by atoms with van der Waals surface area (Å²) >= 11 is 0. The third-order valence-corrected chi connectivity index (χ3v) is 5.27. The van der Waals surface area contributed by atoms with E-state index in [1.807, 2.05) is 27.8 Å². The second-order valence-electron chi connectivity index (χ2n) is 6.94. The van der Waals surface area contributed by atoms with E-state index in [0.29, 0.717) is 13.1 Å². The smallest absolute Gasteiger partial charge is 0.270 e. The molecule has 0 radical (unpaired) electrons. The number of fused-ring (bicyclic) bond motifs is 1. The van der Waals surface area contributed by atoms with Crippen LogP contribution in [0.15, 0.2) is 18.3 Å². The van der Waals surface area contributed by atoms with Crippen LogP contribution in [0.2, 0.25) is 0 Å². The summed E-state index contributed by atoms with van der Waals surface area (Å²) in [4.78, 5) is 14.7. The summed E-state index contributed by atoms with van der Waals surface area (Å²) < 4.78 is 2.03. The Balaban J connectivity index is 1.76. The number of rotatable bonds is 2. The molecular formula is C17H26N2O2. The molecule has 1 aromatic heterocycles. The summed E-state index contributed by atoms with van der Waals surface area (Å²) in [5.41, 5.74) is 0.251. The zero-order valence-corrected chi connectivity index (χ0v) is 13.1. The minimum Gasteiger partial charge on any atom is -0.389 e. The molecule has 2 aliphatic rings. The number of aromatic nitrogens is 1. The van der Waals surface area contributed by atoms with Crippen LogP contribution in [-0.4, -0.2) is 39.2 Å². The molecule has 0 bridgehead atoms. The van der Waals surface area contributed by atoms with Crippen LogP contribution in [0, 0.1) is 5.92 Å². The lowest BCUT2D eigenvalue weighted by Crippen LogP contribution is -2.54. The number of aliphatic hydroxyl groups is 1. The summed E-state index contributed by atoms with van der Waals surface area (Å²) in [5, 5.41) is 10.7. The standard InChI is InChI=1S/C17H26N2O2/c1-13(2)19-10-5-7-15(19)16(20)18-11-9-17(21)8-4-3-6-14(17)12-18/h5,7,10,13-14,21H,3-4,6,8-9,11-12H2,1-2H3. The summed E-state index contributed by atoms with van der Waals surface area (Å²) in [5.74, 6) is 0.368. The van der Waals surface area contributed by atoms with Crippen molar-refractivity contribution in [3.05, 3.63) is 24.0 Å². The Morgan fingerprint density at radius 2 is 2.19 bits per heavy atom. The second kappa shape index (κ2) is 5.48. The van der Waals surface area contributed by atoms with Crippen molar-refractivity contribution in [1.29, 1.82) is 0 Å². The van der Waals surface area contributed by atoms with E-state index in [9.17, 15) is 9.90 Å². The van der Waals surface area contributed by atoms with Gasteiger partial charge in [0.2, 0.25) is 0 Å². The van der Waals surface area contributed by atoms with Crippen molar-refractivity contribution in [2.45, 2.75) is 57.6 Å². The van der Waals surface area contributed by atoms with E-state index in [4.69, 9.17) is 0 Å². The van der Waals surface area contributed by atoms with Gasteiger partial charge in [0.25, 0.3) is 5.91 Å². The number of carbonyl (C=O) groups is 1. The van der Waals surface area contributed by atoms with E-state index in [-0.39, 0.29) is 17.9 Å². The van der Waals surface area contributed by atoms with Crippen LogP contribution in [-0.2, 0) is 0 Å². The van der Waals surface area contributed by atoms with E-state index in [2.05, 4.69) is 13.8 Å². The van der Waals surface area contributed by atoms with Gasteiger partial charge in [-0.15, -0.1) is 0 Å². The van der Waals surface area contributed by atoms with Crippen LogP contribution in [0.1, 0.15) is 62.5 Å². The van der Waals surface area contributed by atoms with Crippen LogP contribution in [0.25, 0.3) is 0 Å². The van der Waals surface area contributed by atoms with Crippen LogP contribution in [0.3, 0.4) is 0 Å². The van der Waals surface area contributed by atoms with Gasteiger partial charge in [-0.2, -0.15) is 0 Å². The molecule has 1 aliphatic carbocycles. The number of amides is 1. The lowest BCUT2D eigenvalue weighted by molar-refractivity contribution is -0.0887. The first-order valence-electron chi connectivity index (χ1n) is 8.20. The second-order valence-corrected chi connectivity index (χ2v) is 6.94. The minimum atomic E-state index is -0.519. The van der Waals surface area contributed by atoms with Gasteiger partial charge < -0.3 is 14.6 Å². The molecule has 2 fully saturated rings. The molecule has 1 N–H and O–H groups in total. The highest BCUT2D eigenvalue weighted by atomic mass is 16.3. The largest absolute Gasteiger partial charge is 0.389 e. The van der Waals surface area contributed by atoms with Crippen molar-refractivity contribution in [1.82, 2.24) is 9.47 Å². The van der Waals surface area contributed by atoms with Crippen LogP contribution >= 0.6 is 0 Å². The monoisotopic (exact) mass is 290 g/mol. The van der Waals surface area contributed by atoms with Crippen molar-refractivity contribution in [3.8, 4) is 0 Å². The van der Waals surface area contributed by atoms with Crippen molar-refractivity contribution >= 4 is 5.91 Å². The Hall–Kier alpha value is -1.29. The molecule has 4 heteroatoms. The molecule has 2 atom stereocenters. The summed E-state index contributed by atoms with van der Waals surface area (Å²) in [6, 6.07) is 4.13. The number of carbonyl (C=O) groups excluding carboxylic acids is 1. The average Bonchev–Trinajstić information content (AvgIpc) is 2.95. The molecule has 0 spiro atoms. The fourth-order valence-electron chi connectivity index (χ4n) is 3.94. The minimum absolute atomic E-state index is 0.112. The molecule has 21 heavy (non-hydrogen) atoms. The Bertz CT molecular complexity index is 523. The maximum absolute atomic E-state index is 12.8. The van der Waals surface area contributed by atoms with Gasteiger partial charge in [0, 0.05) is 31.2 Å². The topological polar surface area (TPSA) is 45.5 Å². The summed E-state index contributed by atoms with van der Waals surface area (Å²) in [7, 11) is 0. The molecule has 1 aliphatic heterocycles. The van der Waals surface area contributed by atoms with Gasteiger partial charge in [0.15, 0.2) is 0 Å². The van der Waals surface area contributed by atoms with E-state index in [0.717, 1.165) is 31.4 Å². The van der Waals surface area contributed by atoms with Gasteiger partial charge in [0.1, 0.15) is 5.69 Å². The van der Waals surface area contributed by atoms with E-state index >= 15 is 0 Å². The molecule has 4 nitrogen and oxygen atoms in total. The molecule has 1 aromatic rings. The molecule has 116 valence electrons. The predicted molar refractivity (Wildman–Crippen MR) is 82.2 cm³/mol. The van der Waals surface area contributed by atoms with Gasteiger partial charge in [-0.1, -0.05) is 12.8 Å². The number of likely N-dealkylation sites (tertiary alicyclic amines) is 1. The molecule has 2 heterocycles. The van der Waals surface area contributed by atoms with Gasteiger partial charge >= 0.3 is 0 Å². The van der Waals surface area contributed by atoms with Crippen LogP contribution in [0.5, 0.6) is 0 Å². The van der Waals surface area contributed by atoms with Crippen molar-refractivity contribution in [2.24, 2.45) is 5.92 Å². The highest BCUT2D eigenvalue weighted by Crippen LogP contribution is 2.40. The zero-order valence-electron chi connectivity index (χ0n) is 13.1. The Kier molecular flexibility index (Phi) is 3.82. The van der Waals surface area contributed by atoms with Gasteiger partial charge in [0.05, 0.1) is 5.60 Å². The first-order chi connectivity index (χ1) is 10.0. The van der Waals surface area contributed by atoms with E-state index < -0.39 is 5.60 Å². The zero-order chi connectivity index (χ0) is 15.0. The number of piperidine rings is 1. The van der Waals surface area contributed by atoms with Gasteiger partial charge in [-0.3, -0.25) is 4.79 Å². The highest BCUT2D eigenvalue weighted by Gasteiger charge is 2.44. The first kappa shape index (κ1) is 14.6. The average molecular weight is 290 g/mol. The fraction of sp³-hybridized carbons (Fsp3) is 0.706. The van der Waals surface area contributed by atoms with Crippen molar-refractivity contribution in [2.75, 3.05) is 13.1 Å². The van der Waals surface area contributed by atoms with E-state index in [1.54, 1.807) is 0 Å². The normalized spacial score (nSPS) is 29.5. The quantitative estimate of drug-likeness (QED) is 0.910. The van der Waals surface area contributed by atoms with Crippen molar-refractivity contribution in [3.63, 3.8) is 0 Å². The van der Waals surface area contributed by atoms with Crippen molar-refractivity contribution < 1.29 is 9.90 Å². The van der Waals surface area contributed by atoms with Crippen LogP contribution < -0.4 is 0 Å². The Labute approximate surface area is 126 Å². The lowest BCUT2D eigenvalue weighted by atomic mass is 9.71. The SMILES string of the molecule is CC(C)n1cccc1C(=O)N1CCC2(O)CCCCC2C1. The molecular weight excluding hydrogens is 264 g/mol. The lowest BCUT2D eigenvalue weighted by Gasteiger charge is -2.47. The third-order valence-electron chi connectivity index (χ3n) is 5.27. The molecule has 1 saturated heterocycles. The number of hydrogen-bond donors (Lipinski definition) is 1. The summed E-state index contributed by atoms with van der Waals surface area (Å²) in [6.45, 7) is 5.56. The maximum Gasteiger partial charge on any atom is 0.270 e. The van der Waals surface area contributed by atoms with Gasteiger partial charge in [-0.05, 0) is 45.2 Å². The first-order valence-corrected chi connectivity index (χ1v) is 8.20. The third kappa shape index (κ3) is 2.61. The molecule has 2 unspecified atom stereocenters. The maximum atomic E-state index is 12.8. The summed E-state index contributed by atoms with van der Waals surface area (Å²) in [6.07, 6.45) is 6.95. The van der Waals surface area contributed by atoms with E-state index in [1.165, 1.54) is 6.42 Å².